The van der Waals surface area contributed by atoms with E-state index >= 15 is 0 Å². The van der Waals surface area contributed by atoms with Gasteiger partial charge in [-0.3, -0.25) is 10.2 Å². The summed E-state index contributed by atoms with van der Waals surface area (Å²) in [6.45, 7) is 7.08. The minimum absolute atomic E-state index is 0.145. The highest BCUT2D eigenvalue weighted by Crippen LogP contribution is 2.31. The molecule has 2 heterocycles. The highest BCUT2D eigenvalue weighted by atomic mass is 19.1. The first-order valence-corrected chi connectivity index (χ1v) is 11.9. The second-order valence-corrected chi connectivity index (χ2v) is 9.95. The lowest BCUT2D eigenvalue weighted by Crippen LogP contribution is -2.41. The number of hydrazine groups is 1. The quantitative estimate of drug-likeness (QED) is 0.316. The van der Waals surface area contributed by atoms with Gasteiger partial charge in [0, 0.05) is 29.8 Å². The first-order chi connectivity index (χ1) is 17.1. The Morgan fingerprint density at radius 1 is 1.17 bits per heavy atom. The maximum absolute atomic E-state index is 14.5. The molecule has 1 fully saturated rings. The number of halogens is 1. The number of carbonyl (C=O) groups excluding carboxylic acids is 2. The van der Waals surface area contributed by atoms with Crippen LogP contribution in [0.25, 0.3) is 11.3 Å². The molecule has 4 rings (SSSR count). The Labute approximate surface area is 209 Å². The molecule has 10 heteroatoms. The van der Waals surface area contributed by atoms with Crippen molar-refractivity contribution in [2.75, 3.05) is 13.1 Å². The van der Waals surface area contributed by atoms with Gasteiger partial charge in [0.2, 0.25) is 0 Å². The molecule has 0 atom stereocenters. The van der Waals surface area contributed by atoms with Gasteiger partial charge in [-0.05, 0) is 63.3 Å². The molecule has 0 unspecified atom stereocenters. The van der Waals surface area contributed by atoms with Gasteiger partial charge < -0.3 is 9.64 Å². The van der Waals surface area contributed by atoms with Crippen LogP contribution in [0.2, 0.25) is 0 Å². The van der Waals surface area contributed by atoms with Crippen LogP contribution in [0.5, 0.6) is 0 Å². The van der Waals surface area contributed by atoms with Gasteiger partial charge in [0.05, 0.1) is 12.7 Å². The van der Waals surface area contributed by atoms with Crippen molar-refractivity contribution < 1.29 is 18.7 Å². The molecule has 1 aliphatic heterocycles. The van der Waals surface area contributed by atoms with Crippen molar-refractivity contribution in [3.8, 4) is 11.3 Å². The lowest BCUT2D eigenvalue weighted by Gasteiger charge is -2.33. The smallest absolute Gasteiger partial charge is 0.410 e. The summed E-state index contributed by atoms with van der Waals surface area (Å²) in [6, 6.07) is 12.3. The predicted octanol–water partition coefficient (Wildman–Crippen LogP) is 3.85. The lowest BCUT2D eigenvalue weighted by atomic mass is 9.88. The third kappa shape index (κ3) is 6.06. The van der Waals surface area contributed by atoms with Crippen LogP contribution in [0.1, 0.15) is 61.0 Å². The molecule has 9 nitrogen and oxygen atoms in total. The standard InChI is InChI=1S/C26H31FN6O3/c1-26(2,3)36-25(35)32-11-9-17(10-12-32)18-5-4-6-19(13-18)23-16-33(31-30-23)15-21-8-7-20(14-22(21)27)24(34)29-28/h4-8,13-14,16-17H,9-12,15,28H2,1-3H3,(H,29,34). The van der Waals surface area contributed by atoms with Crippen LogP contribution in [0.15, 0.2) is 48.7 Å². The number of piperidine rings is 1. The number of ether oxygens (including phenoxy) is 1. The summed E-state index contributed by atoms with van der Waals surface area (Å²) in [4.78, 5) is 25.7. The molecule has 2 amide bonds. The van der Waals surface area contributed by atoms with Crippen LogP contribution < -0.4 is 11.3 Å². The van der Waals surface area contributed by atoms with Gasteiger partial charge in [-0.2, -0.15) is 0 Å². The number of carbonyl (C=O) groups is 2. The molecular formula is C26H31FN6O3. The zero-order chi connectivity index (χ0) is 25.9. The van der Waals surface area contributed by atoms with Crippen molar-refractivity contribution in [2.24, 2.45) is 5.84 Å². The summed E-state index contributed by atoms with van der Waals surface area (Å²) in [5, 5.41) is 8.41. The average Bonchev–Trinajstić information content (AvgIpc) is 3.32. The van der Waals surface area contributed by atoms with Gasteiger partial charge in [0.1, 0.15) is 17.1 Å². The second-order valence-electron chi connectivity index (χ2n) is 9.95. The fourth-order valence-electron chi connectivity index (χ4n) is 4.26. The Hall–Kier alpha value is -3.79. The molecular weight excluding hydrogens is 463 g/mol. The number of nitrogen functional groups attached to an aromatic ring is 1. The van der Waals surface area contributed by atoms with Gasteiger partial charge in [-0.25, -0.2) is 19.7 Å². The van der Waals surface area contributed by atoms with Crippen molar-refractivity contribution >= 4 is 12.0 Å². The molecule has 0 spiro atoms. The van der Waals surface area contributed by atoms with Crippen LogP contribution >= 0.6 is 0 Å². The van der Waals surface area contributed by atoms with Crippen LogP contribution in [0, 0.1) is 5.82 Å². The SMILES string of the molecule is CC(C)(C)OC(=O)N1CCC(c2cccc(-c3cn(Cc4ccc(C(=O)NN)cc4F)nn3)c2)CC1. The first kappa shape index (κ1) is 25.3. The third-order valence-corrected chi connectivity index (χ3v) is 6.12. The summed E-state index contributed by atoms with van der Waals surface area (Å²) in [7, 11) is 0. The Balaban J connectivity index is 1.41. The number of hydrogen-bond donors (Lipinski definition) is 2. The molecule has 1 saturated heterocycles. The van der Waals surface area contributed by atoms with Crippen molar-refractivity contribution in [3.05, 3.63) is 71.2 Å². The van der Waals surface area contributed by atoms with E-state index in [1.807, 2.05) is 38.3 Å². The van der Waals surface area contributed by atoms with E-state index in [2.05, 4.69) is 22.4 Å². The summed E-state index contributed by atoms with van der Waals surface area (Å²) in [5.74, 6) is 4.36. The van der Waals surface area contributed by atoms with E-state index in [0.29, 0.717) is 30.3 Å². The molecule has 1 aliphatic rings. The van der Waals surface area contributed by atoms with Gasteiger partial charge in [-0.15, -0.1) is 5.10 Å². The Bertz CT molecular complexity index is 1240. The fourth-order valence-corrected chi connectivity index (χ4v) is 4.26. The molecule has 2 aromatic carbocycles. The molecule has 0 bridgehead atoms. The molecule has 190 valence electrons. The number of rotatable bonds is 5. The van der Waals surface area contributed by atoms with Crippen LogP contribution in [0.3, 0.4) is 0 Å². The van der Waals surface area contributed by atoms with Crippen molar-refractivity contribution in [1.29, 1.82) is 0 Å². The van der Waals surface area contributed by atoms with E-state index in [9.17, 15) is 14.0 Å². The van der Waals surface area contributed by atoms with E-state index in [1.54, 1.807) is 15.8 Å². The summed E-state index contributed by atoms with van der Waals surface area (Å²) in [5.41, 5.74) is 4.80. The van der Waals surface area contributed by atoms with E-state index in [-0.39, 0.29) is 18.2 Å². The number of hydrogen-bond acceptors (Lipinski definition) is 6. The molecule has 3 aromatic rings. The molecule has 1 aromatic heterocycles. The number of aromatic nitrogens is 3. The topological polar surface area (TPSA) is 115 Å². The summed E-state index contributed by atoms with van der Waals surface area (Å²) in [6.07, 6.45) is 3.21. The normalized spacial score (nSPS) is 14.5. The van der Waals surface area contributed by atoms with Crippen LogP contribution in [-0.2, 0) is 11.3 Å². The van der Waals surface area contributed by atoms with Crippen LogP contribution in [0.4, 0.5) is 9.18 Å². The van der Waals surface area contributed by atoms with Gasteiger partial charge >= 0.3 is 6.09 Å². The monoisotopic (exact) mass is 494 g/mol. The Morgan fingerprint density at radius 2 is 1.92 bits per heavy atom. The first-order valence-electron chi connectivity index (χ1n) is 11.9. The van der Waals surface area contributed by atoms with Gasteiger partial charge in [0.15, 0.2) is 0 Å². The number of nitrogens with zero attached hydrogens (tertiary/aromatic N) is 4. The van der Waals surface area contributed by atoms with Crippen molar-refractivity contribution in [2.45, 2.75) is 51.7 Å². The highest BCUT2D eigenvalue weighted by Gasteiger charge is 2.27. The summed E-state index contributed by atoms with van der Waals surface area (Å²) >= 11 is 0. The zero-order valence-corrected chi connectivity index (χ0v) is 20.7. The summed E-state index contributed by atoms with van der Waals surface area (Å²) < 4.78 is 21.5. The van der Waals surface area contributed by atoms with Crippen molar-refractivity contribution in [1.82, 2.24) is 25.3 Å². The number of nitrogens with two attached hydrogens (primary N) is 1. The minimum Gasteiger partial charge on any atom is -0.444 e. The number of likely N-dealkylation sites (tertiary alicyclic amines) is 1. The van der Waals surface area contributed by atoms with Crippen LogP contribution in [-0.4, -0.2) is 50.6 Å². The number of benzene rings is 2. The molecule has 3 N–H and O–H groups in total. The van der Waals surface area contributed by atoms with E-state index in [0.717, 1.165) is 24.5 Å². The number of amides is 2. The van der Waals surface area contributed by atoms with E-state index in [4.69, 9.17) is 10.6 Å². The number of nitrogens with one attached hydrogen (secondary N) is 1. The highest BCUT2D eigenvalue weighted by molar-refractivity contribution is 5.93. The van der Waals surface area contributed by atoms with Gasteiger partial charge in [-0.1, -0.05) is 29.5 Å². The zero-order valence-electron chi connectivity index (χ0n) is 20.7. The van der Waals surface area contributed by atoms with Crippen molar-refractivity contribution in [3.63, 3.8) is 0 Å². The molecule has 0 radical (unpaired) electrons. The second kappa shape index (κ2) is 10.4. The average molecular weight is 495 g/mol. The maximum atomic E-state index is 14.5. The fraction of sp³-hybridized carbons (Fsp3) is 0.385. The third-order valence-electron chi connectivity index (χ3n) is 6.12. The minimum atomic E-state index is -0.557. The Morgan fingerprint density at radius 3 is 2.58 bits per heavy atom. The molecule has 36 heavy (non-hydrogen) atoms. The Kier molecular flexibility index (Phi) is 7.35. The molecule has 0 saturated carbocycles. The van der Waals surface area contributed by atoms with Gasteiger partial charge in [0.25, 0.3) is 5.91 Å². The maximum Gasteiger partial charge on any atom is 0.410 e. The lowest BCUT2D eigenvalue weighted by molar-refractivity contribution is 0.0204. The predicted molar refractivity (Wildman–Crippen MR) is 132 cm³/mol. The van der Waals surface area contributed by atoms with E-state index < -0.39 is 17.3 Å². The molecule has 0 aliphatic carbocycles. The van der Waals surface area contributed by atoms with E-state index in [1.165, 1.54) is 17.7 Å². The largest absolute Gasteiger partial charge is 0.444 e.